The van der Waals surface area contributed by atoms with Gasteiger partial charge in [0.05, 0.1) is 17.3 Å². The molecule has 0 aromatic heterocycles. The van der Waals surface area contributed by atoms with Crippen molar-refractivity contribution in [2.45, 2.75) is 6.92 Å². The van der Waals surface area contributed by atoms with Crippen molar-refractivity contribution < 1.29 is 0 Å². The lowest BCUT2D eigenvalue weighted by Crippen LogP contribution is -2.26. The zero-order valence-corrected chi connectivity index (χ0v) is 9.95. The molecule has 3 nitrogen and oxygen atoms in total. The molecule has 0 radical (unpaired) electrons. The van der Waals surface area contributed by atoms with Gasteiger partial charge in [0.15, 0.2) is 5.96 Å². The third kappa shape index (κ3) is 2.76. The van der Waals surface area contributed by atoms with E-state index in [0.717, 1.165) is 35.3 Å². The van der Waals surface area contributed by atoms with E-state index in [-0.39, 0.29) is 12.4 Å². The first-order chi connectivity index (χ1) is 6.77. The van der Waals surface area contributed by atoms with Crippen LogP contribution in [-0.2, 0) is 0 Å². The van der Waals surface area contributed by atoms with E-state index >= 15 is 0 Å². The number of aryl methyl sites for hydroxylation is 1. The van der Waals surface area contributed by atoms with Crippen LogP contribution in [0.5, 0.6) is 0 Å². The second kappa shape index (κ2) is 5.24. The average Bonchev–Trinajstić information content (AvgIpc) is 2.64. The van der Waals surface area contributed by atoms with Crippen molar-refractivity contribution in [1.82, 2.24) is 5.32 Å². The first kappa shape index (κ1) is 12.1. The van der Waals surface area contributed by atoms with E-state index in [4.69, 9.17) is 11.6 Å². The third-order valence-electron chi connectivity index (χ3n) is 2.14. The molecule has 0 bridgehead atoms. The quantitative estimate of drug-likeness (QED) is 0.798. The summed E-state index contributed by atoms with van der Waals surface area (Å²) in [5.41, 5.74) is 2.05. The lowest BCUT2D eigenvalue weighted by atomic mass is 10.2. The molecular weight excluding hydrogens is 233 g/mol. The molecule has 0 atom stereocenters. The normalized spacial score (nSPS) is 13.9. The molecule has 0 fully saturated rings. The number of nitrogens with zero attached hydrogens (tertiary/aromatic N) is 1. The van der Waals surface area contributed by atoms with E-state index in [9.17, 15) is 0 Å². The fourth-order valence-electron chi connectivity index (χ4n) is 1.39. The van der Waals surface area contributed by atoms with E-state index in [1.807, 2.05) is 25.1 Å². The zero-order valence-electron chi connectivity index (χ0n) is 8.38. The fourth-order valence-corrected chi connectivity index (χ4v) is 1.66. The van der Waals surface area contributed by atoms with Crippen LogP contribution in [0.1, 0.15) is 5.56 Å². The molecule has 0 amide bonds. The molecule has 5 heteroatoms. The topological polar surface area (TPSA) is 36.4 Å². The summed E-state index contributed by atoms with van der Waals surface area (Å²) in [5, 5.41) is 7.05. The number of para-hydroxylation sites is 1. The Kier molecular flexibility index (Phi) is 4.24. The van der Waals surface area contributed by atoms with Gasteiger partial charge in [-0.3, -0.25) is 4.99 Å². The average molecular weight is 246 g/mol. The Morgan fingerprint density at radius 3 is 2.87 bits per heavy atom. The van der Waals surface area contributed by atoms with Gasteiger partial charge in [-0.25, -0.2) is 0 Å². The van der Waals surface area contributed by atoms with E-state index < -0.39 is 0 Å². The first-order valence-electron chi connectivity index (χ1n) is 4.58. The molecule has 2 rings (SSSR count). The summed E-state index contributed by atoms with van der Waals surface area (Å²) in [6.45, 7) is 3.74. The minimum atomic E-state index is 0. The number of halogens is 2. The minimum absolute atomic E-state index is 0. The van der Waals surface area contributed by atoms with Crippen LogP contribution in [0, 0.1) is 6.92 Å². The van der Waals surface area contributed by atoms with Crippen LogP contribution in [0.4, 0.5) is 5.69 Å². The Hall–Kier alpha value is -0.930. The van der Waals surface area contributed by atoms with Crippen molar-refractivity contribution in [3.8, 4) is 0 Å². The first-order valence-corrected chi connectivity index (χ1v) is 4.95. The molecule has 1 aliphatic rings. The predicted octanol–water partition coefficient (Wildman–Crippen LogP) is 2.44. The van der Waals surface area contributed by atoms with Crippen LogP contribution in [0.2, 0.25) is 5.02 Å². The van der Waals surface area contributed by atoms with E-state index in [1.165, 1.54) is 0 Å². The van der Waals surface area contributed by atoms with Gasteiger partial charge in [0.2, 0.25) is 0 Å². The summed E-state index contributed by atoms with van der Waals surface area (Å²) >= 11 is 6.06. The molecule has 1 heterocycles. The highest BCUT2D eigenvalue weighted by Crippen LogP contribution is 2.25. The second-order valence-corrected chi connectivity index (χ2v) is 3.62. The predicted molar refractivity (Wildman–Crippen MR) is 67.4 cm³/mol. The molecule has 15 heavy (non-hydrogen) atoms. The molecule has 0 unspecified atom stereocenters. The van der Waals surface area contributed by atoms with Crippen LogP contribution in [-0.4, -0.2) is 19.0 Å². The smallest absolute Gasteiger partial charge is 0.195 e. The third-order valence-corrected chi connectivity index (χ3v) is 2.45. The van der Waals surface area contributed by atoms with Gasteiger partial charge in [0.25, 0.3) is 0 Å². The summed E-state index contributed by atoms with van der Waals surface area (Å²) in [7, 11) is 0. The van der Waals surface area contributed by atoms with Gasteiger partial charge in [-0.2, -0.15) is 0 Å². The molecule has 0 saturated carbocycles. The van der Waals surface area contributed by atoms with Crippen molar-refractivity contribution in [3.05, 3.63) is 28.8 Å². The SMILES string of the molecule is Cc1cccc(Cl)c1NC1=NCCN1.Cl. The number of anilines is 1. The van der Waals surface area contributed by atoms with E-state index in [1.54, 1.807) is 0 Å². The van der Waals surface area contributed by atoms with Crippen molar-refractivity contribution in [1.29, 1.82) is 0 Å². The Bertz CT molecular complexity index is 357. The molecule has 0 saturated heterocycles. The molecule has 2 N–H and O–H groups in total. The van der Waals surface area contributed by atoms with Gasteiger partial charge < -0.3 is 10.6 Å². The summed E-state index contributed by atoms with van der Waals surface area (Å²) in [4.78, 5) is 4.25. The van der Waals surface area contributed by atoms with Crippen LogP contribution in [0.25, 0.3) is 0 Å². The van der Waals surface area contributed by atoms with Gasteiger partial charge >= 0.3 is 0 Å². The van der Waals surface area contributed by atoms with Gasteiger partial charge in [-0.1, -0.05) is 23.7 Å². The number of nitrogens with one attached hydrogen (secondary N) is 2. The van der Waals surface area contributed by atoms with Crippen LogP contribution in [0.15, 0.2) is 23.2 Å². The van der Waals surface area contributed by atoms with Crippen molar-refractivity contribution >= 4 is 35.7 Å². The molecule has 82 valence electrons. The van der Waals surface area contributed by atoms with E-state index in [0.29, 0.717) is 0 Å². The van der Waals surface area contributed by atoms with Gasteiger partial charge in [-0.05, 0) is 18.6 Å². The summed E-state index contributed by atoms with van der Waals surface area (Å²) in [6, 6.07) is 5.82. The summed E-state index contributed by atoms with van der Waals surface area (Å²) in [5.74, 6) is 0.807. The molecule has 0 aliphatic carbocycles. The number of aliphatic imine (C=N–C) groups is 1. The summed E-state index contributed by atoms with van der Waals surface area (Å²) in [6.07, 6.45) is 0. The maximum Gasteiger partial charge on any atom is 0.195 e. The molecule has 1 aliphatic heterocycles. The highest BCUT2D eigenvalue weighted by molar-refractivity contribution is 6.34. The van der Waals surface area contributed by atoms with Crippen molar-refractivity contribution in [2.24, 2.45) is 4.99 Å². The Balaban J connectivity index is 0.00000112. The lowest BCUT2D eigenvalue weighted by Gasteiger charge is -2.10. The molecule has 1 aromatic rings. The standard InChI is InChI=1S/C10H12ClN3.ClH/c1-7-3-2-4-8(11)9(7)14-10-12-5-6-13-10;/h2-4H,5-6H2,1H3,(H2,12,13,14);1H. The molecular formula is C10H13Cl2N3. The number of hydrogen-bond acceptors (Lipinski definition) is 3. The Labute approximate surface area is 100 Å². The minimum Gasteiger partial charge on any atom is -0.354 e. The maximum absolute atomic E-state index is 6.06. The van der Waals surface area contributed by atoms with E-state index in [2.05, 4.69) is 15.6 Å². The summed E-state index contributed by atoms with van der Waals surface area (Å²) < 4.78 is 0. The maximum atomic E-state index is 6.06. The number of rotatable bonds is 1. The highest BCUT2D eigenvalue weighted by atomic mass is 35.5. The van der Waals surface area contributed by atoms with Crippen LogP contribution >= 0.6 is 24.0 Å². The van der Waals surface area contributed by atoms with Gasteiger partial charge in [0, 0.05) is 6.54 Å². The second-order valence-electron chi connectivity index (χ2n) is 3.21. The monoisotopic (exact) mass is 245 g/mol. The van der Waals surface area contributed by atoms with Crippen LogP contribution < -0.4 is 10.6 Å². The highest BCUT2D eigenvalue weighted by Gasteiger charge is 2.08. The van der Waals surface area contributed by atoms with Crippen LogP contribution in [0.3, 0.4) is 0 Å². The largest absolute Gasteiger partial charge is 0.354 e. The van der Waals surface area contributed by atoms with Gasteiger partial charge in [0.1, 0.15) is 0 Å². The Morgan fingerprint density at radius 2 is 2.27 bits per heavy atom. The van der Waals surface area contributed by atoms with Crippen molar-refractivity contribution in [2.75, 3.05) is 18.4 Å². The lowest BCUT2D eigenvalue weighted by molar-refractivity contribution is 0.959. The molecule has 1 aromatic carbocycles. The number of benzene rings is 1. The zero-order chi connectivity index (χ0) is 9.97. The fraction of sp³-hybridized carbons (Fsp3) is 0.300. The Morgan fingerprint density at radius 1 is 1.47 bits per heavy atom. The number of guanidine groups is 1. The van der Waals surface area contributed by atoms with Crippen molar-refractivity contribution in [3.63, 3.8) is 0 Å². The molecule has 0 spiro atoms. The number of hydrogen-bond donors (Lipinski definition) is 2. The van der Waals surface area contributed by atoms with Gasteiger partial charge in [-0.15, -0.1) is 12.4 Å².